The minimum Gasteiger partial charge on any atom is -0.373 e. The Morgan fingerprint density at radius 3 is 2.76 bits per heavy atom. The third kappa shape index (κ3) is 2.40. The van der Waals surface area contributed by atoms with E-state index in [1.165, 1.54) is 5.56 Å². The Hall–Kier alpha value is -0.810. The summed E-state index contributed by atoms with van der Waals surface area (Å²) in [4.78, 5) is 9.25. The average Bonchev–Trinajstić information content (AvgIpc) is 2.75. The zero-order valence-corrected chi connectivity index (χ0v) is 11.6. The summed E-state index contributed by atoms with van der Waals surface area (Å²) in [5.74, 6) is 3.69. The summed E-state index contributed by atoms with van der Waals surface area (Å²) in [6, 6.07) is 0. The summed E-state index contributed by atoms with van der Waals surface area (Å²) in [6.45, 7) is 6.68. The molecule has 0 aliphatic carbocycles. The molecular formula is C12H19N3OS. The van der Waals surface area contributed by atoms with Crippen LogP contribution in [0.5, 0.6) is 0 Å². The van der Waals surface area contributed by atoms with Crippen molar-refractivity contribution in [3.8, 4) is 0 Å². The predicted octanol–water partition coefficient (Wildman–Crippen LogP) is 2.54. The van der Waals surface area contributed by atoms with Crippen molar-refractivity contribution in [2.45, 2.75) is 37.9 Å². The van der Waals surface area contributed by atoms with E-state index in [9.17, 15) is 0 Å². The molecule has 94 valence electrons. The molecule has 2 rings (SSSR count). The molecule has 4 nitrogen and oxygen atoms in total. The molecule has 1 N–H and O–H groups in total. The van der Waals surface area contributed by atoms with Gasteiger partial charge in [0, 0.05) is 30.7 Å². The molecule has 0 atom stereocenters. The number of anilines is 1. The number of thioether (sulfide) groups is 1. The second kappa shape index (κ2) is 4.82. The number of hydrogen-bond donors (Lipinski definition) is 1. The Labute approximate surface area is 107 Å². The van der Waals surface area contributed by atoms with Crippen LogP contribution >= 0.6 is 11.8 Å². The molecular weight excluding hydrogens is 234 g/mol. The third-order valence-corrected chi connectivity index (χ3v) is 3.83. The number of hydrogen-bond acceptors (Lipinski definition) is 5. The number of fused-ring (bicyclic) bond motifs is 1. The van der Waals surface area contributed by atoms with Gasteiger partial charge in [0.15, 0.2) is 5.82 Å². The maximum Gasteiger partial charge on any atom is 0.162 e. The van der Waals surface area contributed by atoms with Crippen molar-refractivity contribution in [2.75, 3.05) is 19.0 Å². The van der Waals surface area contributed by atoms with Gasteiger partial charge < -0.3 is 10.1 Å². The summed E-state index contributed by atoms with van der Waals surface area (Å²) in [5.41, 5.74) is 1.97. The molecule has 1 aliphatic heterocycles. The fourth-order valence-electron chi connectivity index (χ4n) is 1.95. The van der Waals surface area contributed by atoms with E-state index in [0.717, 1.165) is 28.8 Å². The molecule has 1 aliphatic rings. The lowest BCUT2D eigenvalue weighted by Gasteiger charge is -2.24. The zero-order chi connectivity index (χ0) is 12.5. The van der Waals surface area contributed by atoms with Gasteiger partial charge in [-0.3, -0.25) is 0 Å². The monoisotopic (exact) mass is 253 g/mol. The molecule has 1 aromatic rings. The van der Waals surface area contributed by atoms with Crippen LogP contribution in [-0.4, -0.2) is 23.6 Å². The second-order valence-electron chi connectivity index (χ2n) is 4.51. The van der Waals surface area contributed by atoms with Crippen molar-refractivity contribution in [1.82, 2.24) is 9.97 Å². The molecule has 17 heavy (non-hydrogen) atoms. The van der Waals surface area contributed by atoms with Gasteiger partial charge in [-0.15, -0.1) is 0 Å². The SMILES string of the molecule is CCOC(C)(C)c1nc2c(c(NC)n1)CSC2. The molecule has 2 heterocycles. The largest absolute Gasteiger partial charge is 0.373 e. The van der Waals surface area contributed by atoms with Gasteiger partial charge in [-0.25, -0.2) is 9.97 Å². The number of nitrogens with zero attached hydrogens (tertiary/aromatic N) is 2. The highest BCUT2D eigenvalue weighted by Crippen LogP contribution is 2.34. The molecule has 5 heteroatoms. The summed E-state index contributed by atoms with van der Waals surface area (Å²) >= 11 is 1.88. The van der Waals surface area contributed by atoms with Crippen molar-refractivity contribution in [2.24, 2.45) is 0 Å². The third-order valence-electron chi connectivity index (χ3n) is 2.86. The van der Waals surface area contributed by atoms with Crippen molar-refractivity contribution in [3.63, 3.8) is 0 Å². The highest BCUT2D eigenvalue weighted by atomic mass is 32.2. The second-order valence-corrected chi connectivity index (χ2v) is 5.49. The van der Waals surface area contributed by atoms with Gasteiger partial charge in [-0.05, 0) is 20.8 Å². The summed E-state index contributed by atoms with van der Waals surface area (Å²) in [5, 5.41) is 3.16. The number of rotatable bonds is 4. The summed E-state index contributed by atoms with van der Waals surface area (Å²) < 4.78 is 5.72. The molecule has 0 aromatic carbocycles. The molecule has 0 saturated heterocycles. The van der Waals surface area contributed by atoms with E-state index in [1.54, 1.807) is 0 Å². The van der Waals surface area contributed by atoms with Crippen LogP contribution in [0.15, 0.2) is 0 Å². The lowest BCUT2D eigenvalue weighted by Crippen LogP contribution is -2.26. The van der Waals surface area contributed by atoms with Crippen LogP contribution in [0.1, 0.15) is 37.9 Å². The standard InChI is InChI=1S/C12H19N3OS/c1-5-16-12(2,3)11-14-9-7-17-6-8(9)10(13-4)15-11/h5-7H2,1-4H3,(H,13,14,15). The van der Waals surface area contributed by atoms with Gasteiger partial charge in [-0.2, -0.15) is 11.8 Å². The molecule has 0 saturated carbocycles. The van der Waals surface area contributed by atoms with Crippen molar-refractivity contribution in [1.29, 1.82) is 0 Å². The number of ether oxygens (including phenoxy) is 1. The van der Waals surface area contributed by atoms with Gasteiger partial charge in [0.25, 0.3) is 0 Å². The quantitative estimate of drug-likeness (QED) is 0.893. The first-order chi connectivity index (χ1) is 8.08. The Morgan fingerprint density at radius 1 is 1.35 bits per heavy atom. The average molecular weight is 253 g/mol. The van der Waals surface area contributed by atoms with Gasteiger partial charge >= 0.3 is 0 Å². The minimum atomic E-state index is -0.428. The Kier molecular flexibility index (Phi) is 3.58. The summed E-state index contributed by atoms with van der Waals surface area (Å²) in [7, 11) is 1.91. The van der Waals surface area contributed by atoms with Crippen LogP contribution in [0.4, 0.5) is 5.82 Å². The zero-order valence-electron chi connectivity index (χ0n) is 10.8. The number of aromatic nitrogens is 2. The van der Waals surface area contributed by atoms with Crippen LogP contribution in [0.2, 0.25) is 0 Å². The minimum absolute atomic E-state index is 0.428. The Balaban J connectivity index is 2.43. The van der Waals surface area contributed by atoms with Crippen LogP contribution in [0.3, 0.4) is 0 Å². The predicted molar refractivity (Wildman–Crippen MR) is 71.2 cm³/mol. The van der Waals surface area contributed by atoms with Crippen molar-refractivity contribution < 1.29 is 4.74 Å². The van der Waals surface area contributed by atoms with Crippen LogP contribution in [-0.2, 0) is 21.8 Å². The van der Waals surface area contributed by atoms with E-state index in [0.29, 0.717) is 6.61 Å². The Bertz CT molecular complexity index is 420. The van der Waals surface area contributed by atoms with Gasteiger partial charge in [0.1, 0.15) is 11.4 Å². The first kappa shape index (κ1) is 12.6. The van der Waals surface area contributed by atoms with Gasteiger partial charge in [0.05, 0.1) is 5.69 Å². The smallest absolute Gasteiger partial charge is 0.162 e. The Morgan fingerprint density at radius 2 is 2.12 bits per heavy atom. The molecule has 0 fully saturated rings. The molecule has 0 amide bonds. The van der Waals surface area contributed by atoms with Crippen LogP contribution < -0.4 is 5.32 Å². The maximum absolute atomic E-state index is 5.72. The molecule has 1 aromatic heterocycles. The highest BCUT2D eigenvalue weighted by molar-refractivity contribution is 7.98. The van der Waals surface area contributed by atoms with Gasteiger partial charge in [-0.1, -0.05) is 0 Å². The van der Waals surface area contributed by atoms with E-state index in [-0.39, 0.29) is 0 Å². The lowest BCUT2D eigenvalue weighted by molar-refractivity contribution is -0.0208. The first-order valence-electron chi connectivity index (χ1n) is 5.88. The lowest BCUT2D eigenvalue weighted by atomic mass is 10.1. The molecule has 0 unspecified atom stereocenters. The normalized spacial score (nSPS) is 14.8. The van der Waals surface area contributed by atoms with Crippen molar-refractivity contribution >= 4 is 17.6 Å². The topological polar surface area (TPSA) is 47.0 Å². The fourth-order valence-corrected chi connectivity index (χ4v) is 2.99. The van der Waals surface area contributed by atoms with E-state index >= 15 is 0 Å². The maximum atomic E-state index is 5.72. The fraction of sp³-hybridized carbons (Fsp3) is 0.667. The first-order valence-corrected chi connectivity index (χ1v) is 7.03. The van der Waals surface area contributed by atoms with E-state index < -0.39 is 5.60 Å². The van der Waals surface area contributed by atoms with E-state index in [4.69, 9.17) is 4.74 Å². The number of nitrogens with one attached hydrogen (secondary N) is 1. The molecule has 0 bridgehead atoms. The highest BCUT2D eigenvalue weighted by Gasteiger charge is 2.28. The summed E-state index contributed by atoms with van der Waals surface area (Å²) in [6.07, 6.45) is 0. The van der Waals surface area contributed by atoms with E-state index in [1.807, 2.05) is 39.6 Å². The van der Waals surface area contributed by atoms with Crippen molar-refractivity contribution in [3.05, 3.63) is 17.1 Å². The molecule has 0 spiro atoms. The van der Waals surface area contributed by atoms with Crippen LogP contribution in [0, 0.1) is 0 Å². The van der Waals surface area contributed by atoms with Crippen LogP contribution in [0.25, 0.3) is 0 Å². The molecule has 0 radical (unpaired) electrons. The van der Waals surface area contributed by atoms with Gasteiger partial charge in [0.2, 0.25) is 0 Å². The van der Waals surface area contributed by atoms with E-state index in [2.05, 4.69) is 15.3 Å².